The molecule has 2 atom stereocenters. The van der Waals surface area contributed by atoms with Gasteiger partial charge in [-0.05, 0) is 64.2 Å². The Morgan fingerprint density at radius 3 is 1.01 bits per heavy atom. The standard InChI is InChI=1S/C69H131NO5/c1-3-5-7-9-11-13-15-17-35-39-43-47-51-55-59-63-69(74)75-64-60-56-52-48-44-40-37-34-32-30-28-26-24-22-20-18-19-21-23-25-27-29-31-33-36-38-42-46-50-54-58-62-68(73)70-66(65-71)67(72)61-57-53-49-45-41-16-14-12-10-8-6-4-2/h20,22,26,28,57,61,66-67,71-72H,3-19,21,23-25,27,29-56,58-60,62-65H2,1-2H3,(H,70,73)/b22-20-,28-26-,61-57+. The molecule has 6 heteroatoms. The smallest absolute Gasteiger partial charge is 0.305 e. The highest BCUT2D eigenvalue weighted by Gasteiger charge is 2.18. The lowest BCUT2D eigenvalue weighted by Crippen LogP contribution is -2.45. The number of carbonyl (C=O) groups is 2. The van der Waals surface area contributed by atoms with Gasteiger partial charge in [0.15, 0.2) is 0 Å². The third-order valence-electron chi connectivity index (χ3n) is 15.7. The van der Waals surface area contributed by atoms with Crippen molar-refractivity contribution >= 4 is 11.9 Å². The maximum Gasteiger partial charge on any atom is 0.305 e. The third-order valence-corrected chi connectivity index (χ3v) is 15.7. The van der Waals surface area contributed by atoms with Gasteiger partial charge in [0.2, 0.25) is 5.91 Å². The van der Waals surface area contributed by atoms with E-state index in [1.54, 1.807) is 6.08 Å². The number of unbranched alkanes of at least 4 members (excludes halogenated alkanes) is 48. The van der Waals surface area contributed by atoms with Crippen LogP contribution in [0.3, 0.4) is 0 Å². The van der Waals surface area contributed by atoms with Crippen LogP contribution < -0.4 is 5.32 Å². The van der Waals surface area contributed by atoms with Crippen molar-refractivity contribution in [2.45, 2.75) is 379 Å². The first-order valence-corrected chi connectivity index (χ1v) is 33.8. The molecule has 75 heavy (non-hydrogen) atoms. The van der Waals surface area contributed by atoms with Crippen LogP contribution in [0.25, 0.3) is 0 Å². The Morgan fingerprint density at radius 1 is 0.373 bits per heavy atom. The van der Waals surface area contributed by atoms with Crippen LogP contribution in [0, 0.1) is 0 Å². The van der Waals surface area contributed by atoms with Gasteiger partial charge >= 0.3 is 5.97 Å². The highest BCUT2D eigenvalue weighted by molar-refractivity contribution is 5.76. The summed E-state index contributed by atoms with van der Waals surface area (Å²) in [6.45, 7) is 4.92. The number of nitrogens with one attached hydrogen (secondary N) is 1. The summed E-state index contributed by atoms with van der Waals surface area (Å²) in [7, 11) is 0. The molecule has 0 aromatic rings. The van der Waals surface area contributed by atoms with Crippen LogP contribution in [0.4, 0.5) is 0 Å². The van der Waals surface area contributed by atoms with Crippen LogP contribution >= 0.6 is 0 Å². The largest absolute Gasteiger partial charge is 0.466 e. The molecule has 0 bridgehead atoms. The second-order valence-electron chi connectivity index (χ2n) is 23.2. The summed E-state index contributed by atoms with van der Waals surface area (Å²) in [4.78, 5) is 24.5. The van der Waals surface area contributed by atoms with Crippen molar-refractivity contribution in [3.63, 3.8) is 0 Å². The molecule has 0 rings (SSSR count). The molecule has 0 aliphatic rings. The number of ether oxygens (including phenoxy) is 1. The number of aliphatic hydroxyl groups excluding tert-OH is 2. The van der Waals surface area contributed by atoms with Gasteiger partial charge in [0.1, 0.15) is 0 Å². The highest BCUT2D eigenvalue weighted by Crippen LogP contribution is 2.18. The molecule has 0 aliphatic heterocycles. The van der Waals surface area contributed by atoms with E-state index in [1.165, 1.54) is 295 Å². The van der Waals surface area contributed by atoms with E-state index >= 15 is 0 Å². The fourth-order valence-electron chi connectivity index (χ4n) is 10.5. The Bertz CT molecular complexity index is 1210. The van der Waals surface area contributed by atoms with Crippen LogP contribution in [0.2, 0.25) is 0 Å². The van der Waals surface area contributed by atoms with Crippen molar-refractivity contribution in [3.05, 3.63) is 36.5 Å². The highest BCUT2D eigenvalue weighted by atomic mass is 16.5. The van der Waals surface area contributed by atoms with Gasteiger partial charge in [-0.15, -0.1) is 0 Å². The van der Waals surface area contributed by atoms with Crippen molar-refractivity contribution in [1.82, 2.24) is 5.32 Å². The monoisotopic (exact) mass is 1050 g/mol. The molecule has 0 aromatic heterocycles. The summed E-state index contributed by atoms with van der Waals surface area (Å²) < 4.78 is 5.49. The zero-order valence-corrected chi connectivity index (χ0v) is 50.5. The summed E-state index contributed by atoms with van der Waals surface area (Å²) >= 11 is 0. The molecule has 0 saturated carbocycles. The first-order valence-electron chi connectivity index (χ1n) is 33.8. The number of carbonyl (C=O) groups excluding carboxylic acids is 2. The molecule has 0 radical (unpaired) electrons. The van der Waals surface area contributed by atoms with Crippen LogP contribution in [-0.2, 0) is 14.3 Å². The van der Waals surface area contributed by atoms with E-state index in [9.17, 15) is 19.8 Å². The number of hydrogen-bond donors (Lipinski definition) is 3. The van der Waals surface area contributed by atoms with E-state index in [4.69, 9.17) is 4.74 Å². The van der Waals surface area contributed by atoms with Gasteiger partial charge in [0.05, 0.1) is 25.4 Å². The predicted octanol–water partition coefficient (Wildman–Crippen LogP) is 21.5. The van der Waals surface area contributed by atoms with Crippen molar-refractivity contribution < 1.29 is 24.5 Å². The minimum absolute atomic E-state index is 0.0160. The SMILES string of the molecule is CCCCCCCCCCCC/C=C/C(O)C(CO)NC(=O)CCCCCCCCCCCCCCCCC/C=C\C/C=C\CCCCCCCCCCCOC(=O)CCCCCCCCCCCCCCCCC. The molecular weight excluding hydrogens is 923 g/mol. The number of esters is 1. The van der Waals surface area contributed by atoms with Crippen molar-refractivity contribution in [2.75, 3.05) is 13.2 Å². The number of aliphatic hydroxyl groups is 2. The van der Waals surface area contributed by atoms with Crippen LogP contribution in [0.15, 0.2) is 36.5 Å². The Balaban J connectivity index is 3.38. The van der Waals surface area contributed by atoms with Gasteiger partial charge in [0, 0.05) is 12.8 Å². The third kappa shape index (κ3) is 61.2. The van der Waals surface area contributed by atoms with Crippen molar-refractivity contribution in [3.8, 4) is 0 Å². The van der Waals surface area contributed by atoms with E-state index in [-0.39, 0.29) is 18.5 Å². The van der Waals surface area contributed by atoms with Crippen molar-refractivity contribution in [2.24, 2.45) is 0 Å². The molecular formula is C69H131NO5. The lowest BCUT2D eigenvalue weighted by Gasteiger charge is -2.20. The zero-order chi connectivity index (χ0) is 54.3. The summed E-state index contributed by atoms with van der Waals surface area (Å²) in [5, 5.41) is 23.1. The molecule has 1 amide bonds. The first-order chi connectivity index (χ1) is 37.0. The lowest BCUT2D eigenvalue weighted by molar-refractivity contribution is -0.143. The van der Waals surface area contributed by atoms with Gasteiger partial charge in [-0.25, -0.2) is 0 Å². The second kappa shape index (κ2) is 64.6. The Kier molecular flexibility index (Phi) is 63.0. The first kappa shape index (κ1) is 73.1. The van der Waals surface area contributed by atoms with E-state index in [1.807, 2.05) is 6.08 Å². The van der Waals surface area contributed by atoms with E-state index in [0.717, 1.165) is 44.9 Å². The average Bonchev–Trinajstić information content (AvgIpc) is 3.41. The summed E-state index contributed by atoms with van der Waals surface area (Å²) in [5.41, 5.74) is 0. The predicted molar refractivity (Wildman–Crippen MR) is 329 cm³/mol. The normalized spacial score (nSPS) is 12.7. The average molecular weight is 1050 g/mol. The Hall–Kier alpha value is -1.92. The number of hydrogen-bond acceptors (Lipinski definition) is 5. The quantitative estimate of drug-likeness (QED) is 0.0320. The summed E-state index contributed by atoms with van der Waals surface area (Å²) in [6.07, 6.45) is 82.2. The summed E-state index contributed by atoms with van der Waals surface area (Å²) in [6, 6.07) is -0.626. The topological polar surface area (TPSA) is 95.9 Å². The molecule has 0 spiro atoms. The maximum absolute atomic E-state index is 12.4. The Morgan fingerprint density at radius 2 is 0.667 bits per heavy atom. The van der Waals surface area contributed by atoms with Gasteiger partial charge < -0.3 is 20.3 Å². The fraction of sp³-hybridized carbons (Fsp3) is 0.884. The van der Waals surface area contributed by atoms with Crippen LogP contribution in [-0.4, -0.2) is 47.4 Å². The molecule has 442 valence electrons. The maximum atomic E-state index is 12.4. The molecule has 0 fully saturated rings. The number of amides is 1. The van der Waals surface area contributed by atoms with Gasteiger partial charge in [-0.1, -0.05) is 326 Å². The number of allylic oxidation sites excluding steroid dienone is 5. The van der Waals surface area contributed by atoms with Crippen LogP contribution in [0.5, 0.6) is 0 Å². The van der Waals surface area contributed by atoms with E-state index < -0.39 is 12.1 Å². The molecule has 0 aromatic carbocycles. The fourth-order valence-corrected chi connectivity index (χ4v) is 10.5. The van der Waals surface area contributed by atoms with E-state index in [0.29, 0.717) is 19.4 Å². The molecule has 0 heterocycles. The van der Waals surface area contributed by atoms with Gasteiger partial charge in [0.25, 0.3) is 0 Å². The zero-order valence-electron chi connectivity index (χ0n) is 50.5. The molecule has 0 aliphatic carbocycles. The lowest BCUT2D eigenvalue weighted by atomic mass is 10.0. The molecule has 0 saturated heterocycles. The minimum Gasteiger partial charge on any atom is -0.466 e. The second-order valence-corrected chi connectivity index (χ2v) is 23.2. The van der Waals surface area contributed by atoms with Crippen LogP contribution in [0.1, 0.15) is 367 Å². The van der Waals surface area contributed by atoms with Crippen molar-refractivity contribution in [1.29, 1.82) is 0 Å². The van der Waals surface area contributed by atoms with Gasteiger partial charge in [-0.3, -0.25) is 9.59 Å². The van der Waals surface area contributed by atoms with E-state index in [2.05, 4.69) is 43.5 Å². The molecule has 2 unspecified atom stereocenters. The Labute approximate surface area is 468 Å². The minimum atomic E-state index is -0.843. The van der Waals surface area contributed by atoms with Gasteiger partial charge in [-0.2, -0.15) is 0 Å². The molecule has 3 N–H and O–H groups in total. The molecule has 6 nitrogen and oxygen atoms in total. The number of rotatable bonds is 63. The summed E-state index contributed by atoms with van der Waals surface area (Å²) in [5.74, 6) is -0.0510.